The first-order valence-electron chi connectivity index (χ1n) is 9.98. The molecule has 1 fully saturated rings. The SMILES string of the molecule is CCc1cc(=O)n2nc(Nc3cccc(COC4CCCC(C)C4)c3)sc2n1. The van der Waals surface area contributed by atoms with Gasteiger partial charge in [-0.1, -0.05) is 50.2 Å². The number of aromatic nitrogens is 3. The fraction of sp³-hybridized carbons (Fsp3) is 0.476. The molecule has 28 heavy (non-hydrogen) atoms. The topological polar surface area (TPSA) is 68.5 Å². The van der Waals surface area contributed by atoms with Gasteiger partial charge in [0, 0.05) is 17.4 Å². The molecular formula is C21H26N4O2S. The van der Waals surface area contributed by atoms with E-state index in [2.05, 4.69) is 34.5 Å². The Morgan fingerprint density at radius 1 is 1.32 bits per heavy atom. The van der Waals surface area contributed by atoms with Crippen LogP contribution in [-0.4, -0.2) is 20.7 Å². The summed E-state index contributed by atoms with van der Waals surface area (Å²) in [6.45, 7) is 4.91. The number of ether oxygens (including phenoxy) is 1. The molecule has 1 N–H and O–H groups in total. The lowest BCUT2D eigenvalue weighted by Crippen LogP contribution is -2.21. The van der Waals surface area contributed by atoms with Gasteiger partial charge < -0.3 is 10.1 Å². The van der Waals surface area contributed by atoms with E-state index in [0.717, 1.165) is 42.1 Å². The van der Waals surface area contributed by atoms with E-state index in [1.165, 1.54) is 28.7 Å². The fourth-order valence-electron chi connectivity index (χ4n) is 3.69. The van der Waals surface area contributed by atoms with Crippen molar-refractivity contribution in [3.8, 4) is 0 Å². The highest BCUT2D eigenvalue weighted by atomic mass is 32.1. The summed E-state index contributed by atoms with van der Waals surface area (Å²) in [6, 6.07) is 9.70. The quantitative estimate of drug-likeness (QED) is 0.660. The van der Waals surface area contributed by atoms with Gasteiger partial charge in [-0.15, -0.1) is 5.10 Å². The van der Waals surface area contributed by atoms with Crippen LogP contribution in [0.2, 0.25) is 0 Å². The van der Waals surface area contributed by atoms with E-state index in [-0.39, 0.29) is 5.56 Å². The summed E-state index contributed by atoms with van der Waals surface area (Å²) in [6.07, 6.45) is 6.00. The summed E-state index contributed by atoms with van der Waals surface area (Å²) in [5.74, 6) is 0.760. The highest BCUT2D eigenvalue weighted by Gasteiger charge is 2.19. The Labute approximate surface area is 168 Å². The predicted octanol–water partition coefficient (Wildman–Crippen LogP) is 4.55. The van der Waals surface area contributed by atoms with E-state index in [0.29, 0.717) is 22.8 Å². The standard InChI is InChI=1S/C21H26N4O2S/c1-3-16-12-19(26)25-21(23-16)28-20(24-25)22-17-8-5-7-15(11-17)13-27-18-9-4-6-14(2)10-18/h5,7-8,11-12,14,18H,3-4,6,9-10,13H2,1-2H3,(H,22,24). The number of nitrogens with one attached hydrogen (secondary N) is 1. The van der Waals surface area contributed by atoms with Crippen LogP contribution in [0.25, 0.3) is 4.96 Å². The maximum atomic E-state index is 12.2. The van der Waals surface area contributed by atoms with Gasteiger partial charge in [0.05, 0.1) is 12.7 Å². The molecule has 148 valence electrons. The number of hydrogen-bond acceptors (Lipinski definition) is 6. The van der Waals surface area contributed by atoms with E-state index in [4.69, 9.17) is 4.74 Å². The van der Waals surface area contributed by atoms with Crippen LogP contribution >= 0.6 is 11.3 Å². The van der Waals surface area contributed by atoms with Gasteiger partial charge in [0.2, 0.25) is 10.1 Å². The van der Waals surface area contributed by atoms with Gasteiger partial charge in [0.25, 0.3) is 5.56 Å². The molecule has 1 aliphatic carbocycles. The maximum Gasteiger partial charge on any atom is 0.275 e. The smallest absolute Gasteiger partial charge is 0.275 e. The van der Waals surface area contributed by atoms with E-state index >= 15 is 0 Å². The molecule has 0 aliphatic heterocycles. The van der Waals surface area contributed by atoms with Crippen molar-refractivity contribution in [2.45, 2.75) is 58.7 Å². The van der Waals surface area contributed by atoms with Crippen molar-refractivity contribution in [3.05, 3.63) is 51.9 Å². The van der Waals surface area contributed by atoms with Gasteiger partial charge in [-0.3, -0.25) is 4.79 Å². The molecule has 4 rings (SSSR count). The molecule has 2 aromatic heterocycles. The lowest BCUT2D eigenvalue weighted by molar-refractivity contribution is 0.00469. The first kappa shape index (κ1) is 19.1. The van der Waals surface area contributed by atoms with E-state index in [9.17, 15) is 4.79 Å². The number of hydrogen-bond donors (Lipinski definition) is 1. The summed E-state index contributed by atoms with van der Waals surface area (Å²) < 4.78 is 7.49. The van der Waals surface area contributed by atoms with Crippen molar-refractivity contribution in [3.63, 3.8) is 0 Å². The van der Waals surface area contributed by atoms with Crippen LogP contribution in [0.5, 0.6) is 0 Å². The van der Waals surface area contributed by atoms with Gasteiger partial charge in [0.15, 0.2) is 0 Å². The zero-order chi connectivity index (χ0) is 19.5. The van der Waals surface area contributed by atoms with Crippen molar-refractivity contribution in [2.75, 3.05) is 5.32 Å². The zero-order valence-corrected chi connectivity index (χ0v) is 17.2. The summed E-state index contributed by atoms with van der Waals surface area (Å²) in [5.41, 5.74) is 2.71. The number of anilines is 2. The molecule has 1 aliphatic rings. The third-order valence-electron chi connectivity index (χ3n) is 5.21. The van der Waals surface area contributed by atoms with Crippen molar-refractivity contribution >= 4 is 27.1 Å². The molecular weight excluding hydrogens is 372 g/mol. The van der Waals surface area contributed by atoms with E-state index in [1.54, 1.807) is 6.07 Å². The highest BCUT2D eigenvalue weighted by Crippen LogP contribution is 2.27. The molecule has 1 aromatic carbocycles. The largest absolute Gasteiger partial charge is 0.374 e. The summed E-state index contributed by atoms with van der Waals surface area (Å²) in [4.78, 5) is 17.2. The second-order valence-electron chi connectivity index (χ2n) is 7.57. The molecule has 0 bridgehead atoms. The van der Waals surface area contributed by atoms with Crippen LogP contribution in [0.4, 0.5) is 10.8 Å². The first-order valence-corrected chi connectivity index (χ1v) is 10.8. The van der Waals surface area contributed by atoms with Crippen LogP contribution in [-0.2, 0) is 17.8 Å². The number of benzene rings is 1. The van der Waals surface area contributed by atoms with Gasteiger partial charge in [0.1, 0.15) is 0 Å². The van der Waals surface area contributed by atoms with Gasteiger partial charge in [-0.05, 0) is 42.9 Å². The Balaban J connectivity index is 1.45. The zero-order valence-electron chi connectivity index (χ0n) is 16.4. The van der Waals surface area contributed by atoms with Crippen molar-refractivity contribution in [1.29, 1.82) is 0 Å². The molecule has 3 aromatic rings. The van der Waals surface area contributed by atoms with E-state index in [1.807, 2.05) is 19.1 Å². The molecule has 1 saturated carbocycles. The second-order valence-corrected chi connectivity index (χ2v) is 8.53. The van der Waals surface area contributed by atoms with Crippen LogP contribution in [0.3, 0.4) is 0 Å². The molecule has 2 heterocycles. The molecule has 0 saturated heterocycles. The number of rotatable bonds is 6. The average Bonchev–Trinajstić information content (AvgIpc) is 3.09. The van der Waals surface area contributed by atoms with Crippen LogP contribution in [0.15, 0.2) is 35.1 Å². The Morgan fingerprint density at radius 2 is 2.21 bits per heavy atom. The summed E-state index contributed by atoms with van der Waals surface area (Å²) >= 11 is 1.38. The van der Waals surface area contributed by atoms with E-state index < -0.39 is 0 Å². The average molecular weight is 399 g/mol. The predicted molar refractivity (Wildman–Crippen MR) is 112 cm³/mol. The van der Waals surface area contributed by atoms with Gasteiger partial charge in [-0.25, -0.2) is 4.98 Å². The third-order valence-corrected chi connectivity index (χ3v) is 6.04. The van der Waals surface area contributed by atoms with Gasteiger partial charge in [-0.2, -0.15) is 4.52 Å². The lowest BCUT2D eigenvalue weighted by Gasteiger charge is -2.26. The minimum atomic E-state index is -0.144. The van der Waals surface area contributed by atoms with Gasteiger partial charge >= 0.3 is 0 Å². The Kier molecular flexibility index (Phi) is 5.73. The van der Waals surface area contributed by atoms with Crippen molar-refractivity contribution in [1.82, 2.24) is 14.6 Å². The number of aryl methyl sites for hydroxylation is 1. The second kappa shape index (κ2) is 8.41. The highest BCUT2D eigenvalue weighted by molar-refractivity contribution is 7.20. The Morgan fingerprint density at radius 3 is 3.04 bits per heavy atom. The number of fused-ring (bicyclic) bond motifs is 1. The Bertz CT molecular complexity index is 1010. The normalized spacial score (nSPS) is 19.8. The Hall–Kier alpha value is -2.25. The lowest BCUT2D eigenvalue weighted by atomic mass is 9.89. The monoisotopic (exact) mass is 398 g/mol. The fourth-order valence-corrected chi connectivity index (χ4v) is 4.54. The van der Waals surface area contributed by atoms with Crippen molar-refractivity contribution < 1.29 is 4.74 Å². The summed E-state index contributed by atoms with van der Waals surface area (Å²) in [5, 5.41) is 8.30. The molecule has 2 atom stereocenters. The van der Waals surface area contributed by atoms with Crippen molar-refractivity contribution in [2.24, 2.45) is 5.92 Å². The van der Waals surface area contributed by atoms with Crippen LogP contribution in [0, 0.1) is 5.92 Å². The molecule has 0 spiro atoms. The third kappa shape index (κ3) is 4.42. The van der Waals surface area contributed by atoms with Crippen LogP contribution in [0.1, 0.15) is 50.8 Å². The molecule has 7 heteroatoms. The maximum absolute atomic E-state index is 12.2. The summed E-state index contributed by atoms with van der Waals surface area (Å²) in [7, 11) is 0. The molecule has 0 radical (unpaired) electrons. The number of nitrogens with zero attached hydrogens (tertiary/aromatic N) is 3. The molecule has 0 amide bonds. The first-order chi connectivity index (χ1) is 13.6. The molecule has 2 unspecified atom stereocenters. The molecule has 6 nitrogen and oxygen atoms in total. The minimum Gasteiger partial charge on any atom is -0.374 e. The van der Waals surface area contributed by atoms with Crippen LogP contribution < -0.4 is 10.9 Å². The minimum absolute atomic E-state index is 0.144.